The first-order chi connectivity index (χ1) is 8.11. The first-order valence-corrected chi connectivity index (χ1v) is 6.53. The summed E-state index contributed by atoms with van der Waals surface area (Å²) in [6.07, 6.45) is 4.26. The van der Waals surface area contributed by atoms with Gasteiger partial charge in [-0.2, -0.15) is 0 Å². The summed E-state index contributed by atoms with van der Waals surface area (Å²) >= 11 is 5.10. The molecule has 1 saturated heterocycles. The van der Waals surface area contributed by atoms with Gasteiger partial charge in [0.25, 0.3) is 0 Å². The minimum Gasteiger partial charge on any atom is -0.389 e. The summed E-state index contributed by atoms with van der Waals surface area (Å²) in [6, 6.07) is 4.40. The smallest absolute Gasteiger partial charge is 0.139 e. The average molecular weight is 249 g/mol. The number of hydrogen-bond donors (Lipinski definition) is 1. The normalized spacial score (nSPS) is 19.9. The number of pyridine rings is 1. The first kappa shape index (κ1) is 12.3. The Kier molecular flexibility index (Phi) is 3.62. The fraction of sp³-hybridized carbons (Fsp3) is 0.538. The molecule has 92 valence electrons. The maximum absolute atomic E-state index is 5.77. The van der Waals surface area contributed by atoms with Crippen molar-refractivity contribution in [2.45, 2.75) is 32.7 Å². The number of hydrogen-bond acceptors (Lipinski definition) is 3. The lowest BCUT2D eigenvalue weighted by Crippen LogP contribution is -2.35. The SMILES string of the molecule is CC(C)C1CCCN1c1ncccc1C(N)=S. The molecule has 0 aliphatic carbocycles. The number of nitrogens with two attached hydrogens (primary N) is 1. The van der Waals surface area contributed by atoms with Gasteiger partial charge in [0.2, 0.25) is 0 Å². The molecule has 1 aromatic heterocycles. The molecular formula is C13H19N3S. The Morgan fingerprint density at radius 2 is 2.35 bits per heavy atom. The zero-order valence-corrected chi connectivity index (χ0v) is 11.2. The molecule has 1 aliphatic heterocycles. The summed E-state index contributed by atoms with van der Waals surface area (Å²) in [4.78, 5) is 7.27. The molecule has 1 aromatic rings. The van der Waals surface area contributed by atoms with Crippen LogP contribution in [0.4, 0.5) is 5.82 Å². The summed E-state index contributed by atoms with van der Waals surface area (Å²) < 4.78 is 0. The maximum atomic E-state index is 5.77. The van der Waals surface area contributed by atoms with Crippen molar-refractivity contribution < 1.29 is 0 Å². The maximum Gasteiger partial charge on any atom is 0.139 e. The quantitative estimate of drug-likeness (QED) is 0.835. The Morgan fingerprint density at radius 3 is 3.00 bits per heavy atom. The predicted octanol–water partition coefficient (Wildman–Crippen LogP) is 2.34. The third-order valence-corrected chi connectivity index (χ3v) is 3.61. The fourth-order valence-corrected chi connectivity index (χ4v) is 2.73. The van der Waals surface area contributed by atoms with Crippen LogP contribution in [0.5, 0.6) is 0 Å². The molecule has 2 rings (SSSR count). The number of aromatic nitrogens is 1. The molecular weight excluding hydrogens is 230 g/mol. The van der Waals surface area contributed by atoms with E-state index in [0.717, 1.165) is 17.9 Å². The second kappa shape index (κ2) is 5.00. The number of nitrogens with zero attached hydrogens (tertiary/aromatic N) is 2. The Morgan fingerprint density at radius 1 is 1.59 bits per heavy atom. The van der Waals surface area contributed by atoms with Crippen LogP contribution in [0.1, 0.15) is 32.3 Å². The van der Waals surface area contributed by atoms with Gasteiger partial charge in [-0.1, -0.05) is 26.1 Å². The Balaban J connectivity index is 2.36. The molecule has 3 nitrogen and oxygen atoms in total. The third-order valence-electron chi connectivity index (χ3n) is 3.39. The van der Waals surface area contributed by atoms with E-state index in [1.807, 2.05) is 18.3 Å². The third kappa shape index (κ3) is 2.41. The fourth-order valence-electron chi connectivity index (χ4n) is 2.57. The lowest BCUT2D eigenvalue weighted by molar-refractivity contribution is 0.489. The lowest BCUT2D eigenvalue weighted by atomic mass is 10.0. The van der Waals surface area contributed by atoms with Gasteiger partial charge in [0.1, 0.15) is 10.8 Å². The van der Waals surface area contributed by atoms with Crippen molar-refractivity contribution in [3.05, 3.63) is 23.9 Å². The molecule has 0 radical (unpaired) electrons. The average Bonchev–Trinajstić information content (AvgIpc) is 2.77. The molecule has 1 atom stereocenters. The molecule has 0 saturated carbocycles. The molecule has 2 N–H and O–H groups in total. The molecule has 0 amide bonds. The first-order valence-electron chi connectivity index (χ1n) is 6.12. The summed E-state index contributed by atoms with van der Waals surface area (Å²) in [5.41, 5.74) is 6.67. The highest BCUT2D eigenvalue weighted by Crippen LogP contribution is 2.30. The monoisotopic (exact) mass is 249 g/mol. The van der Waals surface area contributed by atoms with Crippen LogP contribution in [-0.2, 0) is 0 Å². The standard InChI is InChI=1S/C13H19N3S/c1-9(2)11-6-4-8-16(11)13-10(12(14)17)5-3-7-15-13/h3,5,7,9,11H,4,6,8H2,1-2H3,(H2,14,17). The highest BCUT2D eigenvalue weighted by atomic mass is 32.1. The predicted molar refractivity (Wildman–Crippen MR) is 75.3 cm³/mol. The summed E-state index contributed by atoms with van der Waals surface area (Å²) in [6.45, 7) is 5.56. The van der Waals surface area contributed by atoms with E-state index in [0.29, 0.717) is 16.9 Å². The highest BCUT2D eigenvalue weighted by molar-refractivity contribution is 7.80. The van der Waals surface area contributed by atoms with Crippen LogP contribution < -0.4 is 10.6 Å². The Hall–Kier alpha value is -1.16. The van der Waals surface area contributed by atoms with Crippen LogP contribution in [0.25, 0.3) is 0 Å². The molecule has 0 spiro atoms. The van der Waals surface area contributed by atoms with Gasteiger partial charge in [0, 0.05) is 18.8 Å². The van der Waals surface area contributed by atoms with E-state index in [4.69, 9.17) is 18.0 Å². The van der Waals surface area contributed by atoms with E-state index >= 15 is 0 Å². The number of rotatable bonds is 3. The van der Waals surface area contributed by atoms with Crippen LogP contribution in [0.2, 0.25) is 0 Å². The zero-order valence-electron chi connectivity index (χ0n) is 10.4. The van der Waals surface area contributed by atoms with E-state index in [9.17, 15) is 0 Å². The molecule has 1 aliphatic rings. The van der Waals surface area contributed by atoms with Gasteiger partial charge in [-0.15, -0.1) is 0 Å². The van der Waals surface area contributed by atoms with Crippen LogP contribution in [-0.4, -0.2) is 22.6 Å². The van der Waals surface area contributed by atoms with Crippen molar-refractivity contribution in [3.8, 4) is 0 Å². The van der Waals surface area contributed by atoms with Crippen molar-refractivity contribution in [2.24, 2.45) is 11.7 Å². The topological polar surface area (TPSA) is 42.2 Å². The van der Waals surface area contributed by atoms with Gasteiger partial charge in [-0.05, 0) is 30.9 Å². The van der Waals surface area contributed by atoms with Crippen molar-refractivity contribution in [1.82, 2.24) is 4.98 Å². The molecule has 0 bridgehead atoms. The second-order valence-electron chi connectivity index (χ2n) is 4.89. The van der Waals surface area contributed by atoms with Crippen LogP contribution in [0, 0.1) is 5.92 Å². The highest BCUT2D eigenvalue weighted by Gasteiger charge is 2.29. The van der Waals surface area contributed by atoms with Gasteiger partial charge in [-0.25, -0.2) is 4.98 Å². The molecule has 17 heavy (non-hydrogen) atoms. The van der Waals surface area contributed by atoms with Gasteiger partial charge in [0.05, 0.1) is 5.56 Å². The summed E-state index contributed by atoms with van der Waals surface area (Å²) in [5, 5.41) is 0. The van der Waals surface area contributed by atoms with Gasteiger partial charge >= 0.3 is 0 Å². The van der Waals surface area contributed by atoms with E-state index in [1.54, 1.807) is 0 Å². The Bertz CT molecular complexity index is 417. The van der Waals surface area contributed by atoms with Crippen LogP contribution in [0.15, 0.2) is 18.3 Å². The molecule has 1 unspecified atom stereocenters. The molecule has 4 heteroatoms. The van der Waals surface area contributed by atoms with Gasteiger partial charge in [0.15, 0.2) is 0 Å². The van der Waals surface area contributed by atoms with Gasteiger partial charge in [-0.3, -0.25) is 0 Å². The molecule has 1 fully saturated rings. The minimum absolute atomic E-state index is 0.433. The Labute approximate surface area is 108 Å². The van der Waals surface area contributed by atoms with E-state index < -0.39 is 0 Å². The summed E-state index contributed by atoms with van der Waals surface area (Å²) in [7, 11) is 0. The number of thiocarbonyl (C=S) groups is 1. The summed E-state index contributed by atoms with van der Waals surface area (Å²) in [5.74, 6) is 1.58. The van der Waals surface area contributed by atoms with Gasteiger partial charge < -0.3 is 10.6 Å². The molecule has 0 aromatic carbocycles. The van der Waals surface area contributed by atoms with Crippen molar-refractivity contribution in [2.75, 3.05) is 11.4 Å². The van der Waals surface area contributed by atoms with E-state index in [1.165, 1.54) is 12.8 Å². The van der Waals surface area contributed by atoms with Crippen LogP contribution in [0.3, 0.4) is 0 Å². The minimum atomic E-state index is 0.433. The van der Waals surface area contributed by atoms with E-state index in [2.05, 4.69) is 23.7 Å². The van der Waals surface area contributed by atoms with Crippen LogP contribution >= 0.6 is 12.2 Å². The van der Waals surface area contributed by atoms with Crippen molar-refractivity contribution in [3.63, 3.8) is 0 Å². The zero-order chi connectivity index (χ0) is 12.4. The van der Waals surface area contributed by atoms with Crippen molar-refractivity contribution in [1.29, 1.82) is 0 Å². The second-order valence-corrected chi connectivity index (χ2v) is 5.33. The van der Waals surface area contributed by atoms with Crippen molar-refractivity contribution >= 4 is 23.0 Å². The van der Waals surface area contributed by atoms with E-state index in [-0.39, 0.29) is 0 Å². The number of anilines is 1. The largest absolute Gasteiger partial charge is 0.389 e. The molecule has 2 heterocycles. The lowest BCUT2D eigenvalue weighted by Gasteiger charge is -2.30.